The van der Waals surface area contributed by atoms with Gasteiger partial charge in [0.1, 0.15) is 11.8 Å². The second-order valence-electron chi connectivity index (χ2n) is 3.71. The van der Waals surface area contributed by atoms with Crippen LogP contribution in [0.1, 0.15) is 22.2 Å². The molecule has 1 unspecified atom stereocenters. The number of rotatable bonds is 5. The van der Waals surface area contributed by atoms with Crippen molar-refractivity contribution in [3.05, 3.63) is 52.5 Å². The van der Waals surface area contributed by atoms with Crippen LogP contribution in [0.2, 0.25) is 0 Å². The lowest BCUT2D eigenvalue weighted by Crippen LogP contribution is -2.29. The maximum Gasteiger partial charge on any atom is 0.269 e. The van der Waals surface area contributed by atoms with E-state index < -0.39 is 0 Å². The largest absolute Gasteiger partial charge is 0.375 e. The minimum atomic E-state index is -0.187. The Labute approximate surface area is 110 Å². The first-order valence-electron chi connectivity index (χ1n) is 5.55. The molecule has 2 rings (SSSR count). The Morgan fingerprint density at radius 1 is 1.50 bits per heavy atom. The van der Waals surface area contributed by atoms with Crippen LogP contribution in [0.25, 0.3) is 0 Å². The molecule has 2 aromatic rings. The molecule has 0 bridgehead atoms. The first kappa shape index (κ1) is 12.7. The predicted octanol–water partition coefficient (Wildman–Crippen LogP) is 2.26. The molecule has 1 amide bonds. The number of methoxy groups -OCH3 is 1. The van der Waals surface area contributed by atoms with E-state index in [9.17, 15) is 4.79 Å². The standard InChI is InChI=1S/C13H14N2O2S/c1-17-12(10-5-7-18-9-10)8-15-13(16)11-4-2-3-6-14-11/h2-7,9,12H,8H2,1H3,(H,15,16). The molecule has 1 N–H and O–H groups in total. The van der Waals surface area contributed by atoms with Gasteiger partial charge in [0, 0.05) is 19.9 Å². The van der Waals surface area contributed by atoms with E-state index in [0.29, 0.717) is 12.2 Å². The zero-order valence-electron chi connectivity index (χ0n) is 10.00. The van der Waals surface area contributed by atoms with E-state index in [1.165, 1.54) is 0 Å². The molecule has 0 spiro atoms. The zero-order chi connectivity index (χ0) is 12.8. The molecule has 5 heteroatoms. The van der Waals surface area contributed by atoms with E-state index in [-0.39, 0.29) is 12.0 Å². The Bertz CT molecular complexity index is 485. The normalized spacial score (nSPS) is 12.1. The summed E-state index contributed by atoms with van der Waals surface area (Å²) in [5.74, 6) is -0.187. The van der Waals surface area contributed by atoms with Gasteiger partial charge < -0.3 is 10.1 Å². The highest BCUT2D eigenvalue weighted by Crippen LogP contribution is 2.18. The van der Waals surface area contributed by atoms with Gasteiger partial charge in [-0.25, -0.2) is 0 Å². The molecule has 0 fully saturated rings. The summed E-state index contributed by atoms with van der Waals surface area (Å²) >= 11 is 1.61. The van der Waals surface area contributed by atoms with Crippen molar-refractivity contribution in [3.63, 3.8) is 0 Å². The van der Waals surface area contributed by atoms with Gasteiger partial charge in [0.2, 0.25) is 0 Å². The lowest BCUT2D eigenvalue weighted by molar-refractivity contribution is 0.0825. The quantitative estimate of drug-likeness (QED) is 0.899. The maximum absolute atomic E-state index is 11.8. The fourth-order valence-electron chi connectivity index (χ4n) is 1.57. The van der Waals surface area contributed by atoms with E-state index in [4.69, 9.17) is 4.74 Å². The van der Waals surface area contributed by atoms with Crippen LogP contribution < -0.4 is 5.32 Å². The average molecular weight is 262 g/mol. The predicted molar refractivity (Wildman–Crippen MR) is 70.6 cm³/mol. The van der Waals surface area contributed by atoms with Crippen LogP contribution in [0.15, 0.2) is 41.2 Å². The molecule has 0 saturated heterocycles. The number of carbonyl (C=O) groups excluding carboxylic acids is 1. The molecule has 94 valence electrons. The number of hydrogen-bond donors (Lipinski definition) is 1. The Hall–Kier alpha value is -1.72. The molecule has 4 nitrogen and oxygen atoms in total. The van der Waals surface area contributed by atoms with Crippen molar-refractivity contribution in [2.24, 2.45) is 0 Å². The Morgan fingerprint density at radius 3 is 3.00 bits per heavy atom. The van der Waals surface area contributed by atoms with Crippen LogP contribution >= 0.6 is 11.3 Å². The lowest BCUT2D eigenvalue weighted by atomic mass is 10.2. The molecule has 0 aliphatic heterocycles. The van der Waals surface area contributed by atoms with Gasteiger partial charge >= 0.3 is 0 Å². The van der Waals surface area contributed by atoms with Crippen LogP contribution in [0.5, 0.6) is 0 Å². The van der Waals surface area contributed by atoms with Crippen LogP contribution in [0.4, 0.5) is 0 Å². The average Bonchev–Trinajstić information content (AvgIpc) is 2.94. The number of hydrogen-bond acceptors (Lipinski definition) is 4. The molecule has 2 heterocycles. The van der Waals surface area contributed by atoms with Crippen molar-refractivity contribution in [2.45, 2.75) is 6.10 Å². The highest BCUT2D eigenvalue weighted by Gasteiger charge is 2.13. The van der Waals surface area contributed by atoms with Crippen LogP contribution in [-0.2, 0) is 4.74 Å². The van der Waals surface area contributed by atoms with Gasteiger partial charge in [-0.05, 0) is 34.5 Å². The fraction of sp³-hybridized carbons (Fsp3) is 0.231. The summed E-state index contributed by atoms with van der Waals surface area (Å²) in [5.41, 5.74) is 1.49. The maximum atomic E-state index is 11.8. The van der Waals surface area contributed by atoms with Gasteiger partial charge in [-0.1, -0.05) is 6.07 Å². The highest BCUT2D eigenvalue weighted by atomic mass is 32.1. The number of nitrogens with one attached hydrogen (secondary N) is 1. The lowest BCUT2D eigenvalue weighted by Gasteiger charge is -2.14. The third-order valence-electron chi connectivity index (χ3n) is 2.55. The van der Waals surface area contributed by atoms with Crippen molar-refractivity contribution >= 4 is 17.2 Å². The van der Waals surface area contributed by atoms with Crippen LogP contribution in [0.3, 0.4) is 0 Å². The van der Waals surface area contributed by atoms with Crippen LogP contribution in [-0.4, -0.2) is 24.5 Å². The van der Waals surface area contributed by atoms with Crippen molar-refractivity contribution in [2.75, 3.05) is 13.7 Å². The number of nitrogens with zero attached hydrogens (tertiary/aromatic N) is 1. The molecule has 0 aromatic carbocycles. The second-order valence-corrected chi connectivity index (χ2v) is 4.49. The van der Waals surface area contributed by atoms with Gasteiger partial charge in [0.25, 0.3) is 5.91 Å². The zero-order valence-corrected chi connectivity index (χ0v) is 10.8. The van der Waals surface area contributed by atoms with E-state index in [1.54, 1.807) is 42.8 Å². The topological polar surface area (TPSA) is 51.2 Å². The summed E-state index contributed by atoms with van der Waals surface area (Å²) in [5, 5.41) is 6.82. The molecule has 1 atom stereocenters. The first-order chi connectivity index (χ1) is 8.81. The molecule has 0 radical (unpaired) electrons. The Morgan fingerprint density at radius 2 is 2.39 bits per heavy atom. The number of carbonyl (C=O) groups is 1. The molecule has 2 aromatic heterocycles. The summed E-state index contributed by atoms with van der Waals surface area (Å²) in [4.78, 5) is 15.8. The molecule has 18 heavy (non-hydrogen) atoms. The van der Waals surface area contributed by atoms with Gasteiger partial charge in [0.15, 0.2) is 0 Å². The van der Waals surface area contributed by atoms with Gasteiger partial charge in [-0.3, -0.25) is 9.78 Å². The summed E-state index contributed by atoms with van der Waals surface area (Å²) in [6.45, 7) is 0.433. The second kappa shape index (κ2) is 6.28. The van der Waals surface area contributed by atoms with E-state index in [2.05, 4.69) is 10.3 Å². The van der Waals surface area contributed by atoms with Gasteiger partial charge in [-0.15, -0.1) is 0 Å². The molecular formula is C13H14N2O2S. The molecular weight excluding hydrogens is 248 g/mol. The number of thiophene rings is 1. The Balaban J connectivity index is 1.93. The van der Waals surface area contributed by atoms with Gasteiger partial charge in [0.05, 0.1) is 0 Å². The van der Waals surface area contributed by atoms with E-state index >= 15 is 0 Å². The summed E-state index contributed by atoms with van der Waals surface area (Å²) in [6.07, 6.45) is 1.48. The van der Waals surface area contributed by atoms with Crippen molar-refractivity contribution in [3.8, 4) is 0 Å². The van der Waals surface area contributed by atoms with Crippen LogP contribution in [0, 0.1) is 0 Å². The minimum Gasteiger partial charge on any atom is -0.375 e. The Kier molecular flexibility index (Phi) is 4.44. The third kappa shape index (κ3) is 3.15. The van der Waals surface area contributed by atoms with Crippen molar-refractivity contribution < 1.29 is 9.53 Å². The number of aromatic nitrogens is 1. The fourth-order valence-corrected chi connectivity index (χ4v) is 2.27. The van der Waals surface area contributed by atoms with E-state index in [1.807, 2.05) is 16.8 Å². The van der Waals surface area contributed by atoms with Gasteiger partial charge in [-0.2, -0.15) is 11.3 Å². The van der Waals surface area contributed by atoms with Crippen molar-refractivity contribution in [1.82, 2.24) is 10.3 Å². The number of pyridine rings is 1. The summed E-state index contributed by atoms with van der Waals surface area (Å²) in [6, 6.07) is 7.24. The first-order valence-corrected chi connectivity index (χ1v) is 6.49. The molecule has 0 aliphatic carbocycles. The van der Waals surface area contributed by atoms with Crippen molar-refractivity contribution in [1.29, 1.82) is 0 Å². The monoisotopic (exact) mass is 262 g/mol. The number of amides is 1. The summed E-state index contributed by atoms with van der Waals surface area (Å²) < 4.78 is 5.35. The highest BCUT2D eigenvalue weighted by molar-refractivity contribution is 7.07. The molecule has 0 aliphatic rings. The minimum absolute atomic E-state index is 0.121. The number of ether oxygens (including phenoxy) is 1. The molecule has 0 saturated carbocycles. The summed E-state index contributed by atoms with van der Waals surface area (Å²) in [7, 11) is 1.63. The third-order valence-corrected chi connectivity index (χ3v) is 3.25. The SMILES string of the molecule is COC(CNC(=O)c1ccccn1)c1ccsc1. The van der Waals surface area contributed by atoms with E-state index in [0.717, 1.165) is 5.56 Å². The smallest absolute Gasteiger partial charge is 0.269 e.